The number of ether oxygens (including phenoxy) is 3. The normalized spacial score (nSPS) is 10.3. The standard InChI is InChI=1S/C17H25NO5/c1-12(2)23-17(20)7-8-18-16(19)6-5-13-9-14(21-3)11-15(10-13)22-4/h9-12H,5-8H2,1-4H3,(H,18,19). The Bertz CT molecular complexity index is 505. The molecule has 1 N–H and O–H groups in total. The summed E-state index contributed by atoms with van der Waals surface area (Å²) in [6.07, 6.45) is 0.934. The van der Waals surface area contributed by atoms with E-state index in [-0.39, 0.29) is 30.9 Å². The zero-order valence-corrected chi connectivity index (χ0v) is 14.2. The van der Waals surface area contributed by atoms with E-state index < -0.39 is 0 Å². The Labute approximate surface area is 137 Å². The average Bonchev–Trinajstić information content (AvgIpc) is 2.51. The summed E-state index contributed by atoms with van der Waals surface area (Å²) < 4.78 is 15.4. The van der Waals surface area contributed by atoms with Gasteiger partial charge >= 0.3 is 5.97 Å². The first-order chi connectivity index (χ1) is 10.9. The van der Waals surface area contributed by atoms with Crippen LogP contribution in [0.4, 0.5) is 0 Å². The van der Waals surface area contributed by atoms with Crippen LogP contribution in [-0.2, 0) is 20.7 Å². The molecule has 1 aromatic carbocycles. The summed E-state index contributed by atoms with van der Waals surface area (Å²) >= 11 is 0. The van der Waals surface area contributed by atoms with Gasteiger partial charge in [-0.3, -0.25) is 9.59 Å². The van der Waals surface area contributed by atoms with Gasteiger partial charge in [0.2, 0.25) is 5.91 Å². The highest BCUT2D eigenvalue weighted by Crippen LogP contribution is 2.23. The summed E-state index contributed by atoms with van der Waals surface area (Å²) in [5.41, 5.74) is 0.954. The minimum Gasteiger partial charge on any atom is -0.497 e. The van der Waals surface area contributed by atoms with Crippen molar-refractivity contribution < 1.29 is 23.8 Å². The maximum Gasteiger partial charge on any atom is 0.307 e. The fraction of sp³-hybridized carbons (Fsp3) is 0.529. The Morgan fingerprint density at radius 1 is 1.04 bits per heavy atom. The number of carbonyl (C=O) groups is 2. The molecule has 1 rings (SSSR count). The summed E-state index contributed by atoms with van der Waals surface area (Å²) in [4.78, 5) is 23.2. The monoisotopic (exact) mass is 323 g/mol. The first kappa shape index (κ1) is 18.8. The van der Waals surface area contributed by atoms with Crippen LogP contribution in [0, 0.1) is 0 Å². The van der Waals surface area contributed by atoms with E-state index in [4.69, 9.17) is 14.2 Å². The molecule has 0 bridgehead atoms. The Morgan fingerprint density at radius 2 is 1.65 bits per heavy atom. The van der Waals surface area contributed by atoms with Crippen LogP contribution in [0.3, 0.4) is 0 Å². The summed E-state index contributed by atoms with van der Waals surface area (Å²) in [7, 11) is 3.17. The van der Waals surface area contributed by atoms with Crippen molar-refractivity contribution in [2.75, 3.05) is 20.8 Å². The molecule has 0 saturated heterocycles. The number of methoxy groups -OCH3 is 2. The lowest BCUT2D eigenvalue weighted by Crippen LogP contribution is -2.27. The SMILES string of the molecule is COc1cc(CCC(=O)NCCC(=O)OC(C)C)cc(OC)c1. The summed E-state index contributed by atoms with van der Waals surface area (Å²) in [5.74, 6) is 0.967. The smallest absolute Gasteiger partial charge is 0.307 e. The van der Waals surface area contributed by atoms with Crippen molar-refractivity contribution in [3.05, 3.63) is 23.8 Å². The Hall–Kier alpha value is -2.24. The summed E-state index contributed by atoms with van der Waals surface area (Å²) in [6, 6.07) is 5.52. The quantitative estimate of drug-likeness (QED) is 0.705. The minimum absolute atomic E-state index is 0.107. The van der Waals surface area contributed by atoms with E-state index in [9.17, 15) is 9.59 Å². The predicted octanol–water partition coefficient (Wildman–Crippen LogP) is 2.09. The predicted molar refractivity (Wildman–Crippen MR) is 86.7 cm³/mol. The summed E-state index contributed by atoms with van der Waals surface area (Å²) in [6.45, 7) is 3.86. The van der Waals surface area contributed by atoms with Crippen LogP contribution >= 0.6 is 0 Å². The fourth-order valence-corrected chi connectivity index (χ4v) is 1.98. The molecule has 0 aliphatic carbocycles. The number of carbonyl (C=O) groups excluding carboxylic acids is 2. The number of hydrogen-bond acceptors (Lipinski definition) is 5. The van der Waals surface area contributed by atoms with Gasteiger partial charge in [-0.05, 0) is 38.0 Å². The van der Waals surface area contributed by atoms with Gasteiger partial charge < -0.3 is 19.5 Å². The van der Waals surface area contributed by atoms with Crippen LogP contribution in [-0.4, -0.2) is 38.7 Å². The maximum absolute atomic E-state index is 11.8. The van der Waals surface area contributed by atoms with Crippen LogP contribution in [0.1, 0.15) is 32.3 Å². The van der Waals surface area contributed by atoms with Gasteiger partial charge in [0.15, 0.2) is 0 Å². The van der Waals surface area contributed by atoms with Crippen LogP contribution in [0.15, 0.2) is 18.2 Å². The van der Waals surface area contributed by atoms with Gasteiger partial charge in [-0.1, -0.05) is 0 Å². The number of rotatable bonds is 9. The number of nitrogens with one attached hydrogen (secondary N) is 1. The zero-order valence-electron chi connectivity index (χ0n) is 14.2. The largest absolute Gasteiger partial charge is 0.497 e. The van der Waals surface area contributed by atoms with Gasteiger partial charge in [-0.2, -0.15) is 0 Å². The molecular weight excluding hydrogens is 298 g/mol. The average molecular weight is 323 g/mol. The molecule has 0 heterocycles. The second-order valence-corrected chi connectivity index (χ2v) is 5.36. The van der Waals surface area contributed by atoms with Crippen molar-refractivity contribution in [2.45, 2.75) is 39.2 Å². The van der Waals surface area contributed by atoms with E-state index in [2.05, 4.69) is 5.32 Å². The van der Waals surface area contributed by atoms with E-state index in [1.54, 1.807) is 34.1 Å². The molecule has 6 heteroatoms. The highest BCUT2D eigenvalue weighted by molar-refractivity contribution is 5.77. The zero-order chi connectivity index (χ0) is 17.2. The van der Waals surface area contributed by atoms with E-state index in [0.717, 1.165) is 5.56 Å². The number of hydrogen-bond donors (Lipinski definition) is 1. The Balaban J connectivity index is 2.37. The van der Waals surface area contributed by atoms with Gasteiger partial charge in [0.25, 0.3) is 0 Å². The third-order valence-corrected chi connectivity index (χ3v) is 3.07. The van der Waals surface area contributed by atoms with Crippen molar-refractivity contribution in [3.63, 3.8) is 0 Å². The van der Waals surface area contributed by atoms with Crippen LogP contribution in [0.25, 0.3) is 0 Å². The van der Waals surface area contributed by atoms with Gasteiger partial charge in [0.05, 0.1) is 26.7 Å². The van der Waals surface area contributed by atoms with E-state index in [0.29, 0.717) is 24.3 Å². The lowest BCUT2D eigenvalue weighted by atomic mass is 10.1. The number of esters is 1. The lowest BCUT2D eigenvalue weighted by molar-refractivity contribution is -0.147. The third kappa shape index (κ3) is 7.54. The molecular formula is C17H25NO5. The highest BCUT2D eigenvalue weighted by Gasteiger charge is 2.08. The number of aryl methyl sites for hydroxylation is 1. The number of benzene rings is 1. The van der Waals surface area contributed by atoms with E-state index in [1.807, 2.05) is 12.1 Å². The van der Waals surface area contributed by atoms with Crippen LogP contribution in [0.2, 0.25) is 0 Å². The molecule has 0 saturated carbocycles. The number of amides is 1. The van der Waals surface area contributed by atoms with Crippen molar-refractivity contribution >= 4 is 11.9 Å². The molecule has 0 radical (unpaired) electrons. The van der Waals surface area contributed by atoms with Crippen molar-refractivity contribution in [1.82, 2.24) is 5.32 Å². The fourth-order valence-electron chi connectivity index (χ4n) is 1.98. The highest BCUT2D eigenvalue weighted by atomic mass is 16.5. The van der Waals surface area contributed by atoms with Crippen molar-refractivity contribution in [3.8, 4) is 11.5 Å². The molecule has 1 amide bonds. The van der Waals surface area contributed by atoms with Crippen molar-refractivity contribution in [1.29, 1.82) is 0 Å². The van der Waals surface area contributed by atoms with Crippen LogP contribution in [0.5, 0.6) is 11.5 Å². The third-order valence-electron chi connectivity index (χ3n) is 3.07. The van der Waals surface area contributed by atoms with Gasteiger partial charge in [-0.25, -0.2) is 0 Å². The van der Waals surface area contributed by atoms with E-state index in [1.165, 1.54) is 0 Å². The second-order valence-electron chi connectivity index (χ2n) is 5.36. The molecule has 0 unspecified atom stereocenters. The molecule has 128 valence electrons. The van der Waals surface area contributed by atoms with E-state index >= 15 is 0 Å². The van der Waals surface area contributed by atoms with Crippen molar-refractivity contribution in [2.24, 2.45) is 0 Å². The second kappa shape index (κ2) is 9.71. The molecule has 0 spiro atoms. The lowest BCUT2D eigenvalue weighted by Gasteiger charge is -2.10. The molecule has 0 aliphatic heterocycles. The summed E-state index contributed by atoms with van der Waals surface area (Å²) in [5, 5.41) is 2.71. The molecule has 1 aromatic rings. The first-order valence-electron chi connectivity index (χ1n) is 7.62. The molecule has 0 aliphatic rings. The first-order valence-corrected chi connectivity index (χ1v) is 7.62. The topological polar surface area (TPSA) is 73.9 Å². The molecule has 0 atom stereocenters. The molecule has 23 heavy (non-hydrogen) atoms. The Kier molecular flexibility index (Phi) is 7.94. The van der Waals surface area contributed by atoms with Gasteiger partial charge in [-0.15, -0.1) is 0 Å². The molecule has 6 nitrogen and oxygen atoms in total. The van der Waals surface area contributed by atoms with Gasteiger partial charge in [0.1, 0.15) is 11.5 Å². The molecule has 0 aromatic heterocycles. The minimum atomic E-state index is -0.308. The Morgan fingerprint density at radius 3 is 2.17 bits per heavy atom. The molecule has 0 fully saturated rings. The maximum atomic E-state index is 11.8. The van der Waals surface area contributed by atoms with Crippen LogP contribution < -0.4 is 14.8 Å². The van der Waals surface area contributed by atoms with Gasteiger partial charge in [0, 0.05) is 19.0 Å².